The fourth-order valence-corrected chi connectivity index (χ4v) is 1.24. The highest BCUT2D eigenvalue weighted by molar-refractivity contribution is 6.04. The zero-order chi connectivity index (χ0) is 11.2. The van der Waals surface area contributed by atoms with E-state index in [9.17, 15) is 4.79 Å². The largest absolute Gasteiger partial charge is 0.286 e. The van der Waals surface area contributed by atoms with Crippen LogP contribution in [-0.4, -0.2) is 15.8 Å². The maximum atomic E-state index is 11.6. The summed E-state index contributed by atoms with van der Waals surface area (Å²) in [5.74, 6) is 0.0270. The lowest BCUT2D eigenvalue weighted by Gasteiger charge is -1.92. The molecule has 0 spiro atoms. The summed E-state index contributed by atoms with van der Waals surface area (Å²) in [6.07, 6.45) is 6.33. The van der Waals surface area contributed by atoms with Gasteiger partial charge in [0.1, 0.15) is 0 Å². The van der Waals surface area contributed by atoms with Gasteiger partial charge in [-0.1, -0.05) is 36.4 Å². The van der Waals surface area contributed by atoms with E-state index in [-0.39, 0.29) is 11.6 Å². The van der Waals surface area contributed by atoms with Crippen molar-refractivity contribution < 1.29 is 4.79 Å². The Balaban J connectivity index is 2.12. The van der Waals surface area contributed by atoms with Crippen molar-refractivity contribution in [2.45, 2.75) is 0 Å². The zero-order valence-electron chi connectivity index (χ0n) is 8.58. The molecule has 0 unspecified atom stereocenters. The number of ketones is 1. The first kappa shape index (κ1) is 10.2. The Morgan fingerprint density at radius 3 is 2.38 bits per heavy atom. The van der Waals surface area contributed by atoms with Gasteiger partial charge in [-0.2, -0.15) is 0 Å². The van der Waals surface area contributed by atoms with Crippen molar-refractivity contribution in [2.24, 2.45) is 0 Å². The molecular formula is C13H10N2O. The minimum atomic E-state index is -0.190. The molecule has 78 valence electrons. The van der Waals surface area contributed by atoms with Crippen molar-refractivity contribution in [3.63, 3.8) is 0 Å². The lowest BCUT2D eigenvalue weighted by molar-refractivity contribution is 0.103. The molecule has 0 aliphatic heterocycles. The molecule has 0 fully saturated rings. The van der Waals surface area contributed by atoms with Crippen LogP contribution in [0.3, 0.4) is 0 Å². The molecule has 3 heteroatoms. The third-order valence-electron chi connectivity index (χ3n) is 2.01. The third kappa shape index (κ3) is 2.60. The van der Waals surface area contributed by atoms with Crippen LogP contribution < -0.4 is 0 Å². The lowest BCUT2D eigenvalue weighted by Crippen LogP contribution is -2.00. The quantitative estimate of drug-likeness (QED) is 0.577. The van der Waals surface area contributed by atoms with Crippen LogP contribution in [0.1, 0.15) is 16.2 Å². The van der Waals surface area contributed by atoms with Gasteiger partial charge in [-0.05, 0) is 17.7 Å². The number of aromatic nitrogens is 2. The number of carbonyl (C=O) groups is 1. The standard InChI is InChI=1S/C13H10N2O/c16-12(13-14-9-4-10-15-13)8-7-11-5-2-1-3-6-11/h1-10H. The highest BCUT2D eigenvalue weighted by Crippen LogP contribution is 2.02. The van der Waals surface area contributed by atoms with Crippen LogP contribution in [0.2, 0.25) is 0 Å². The highest BCUT2D eigenvalue weighted by Gasteiger charge is 2.02. The molecule has 1 heterocycles. The number of rotatable bonds is 3. The summed E-state index contributed by atoms with van der Waals surface area (Å²) in [7, 11) is 0. The Labute approximate surface area is 93.5 Å². The molecule has 0 atom stereocenters. The summed E-state index contributed by atoms with van der Waals surface area (Å²) >= 11 is 0. The van der Waals surface area contributed by atoms with Crippen molar-refractivity contribution in [3.05, 3.63) is 66.3 Å². The predicted octanol–water partition coefficient (Wildman–Crippen LogP) is 2.37. The fraction of sp³-hybridized carbons (Fsp3) is 0. The molecule has 2 aromatic rings. The monoisotopic (exact) mass is 210 g/mol. The van der Waals surface area contributed by atoms with Crippen LogP contribution in [0, 0.1) is 0 Å². The van der Waals surface area contributed by atoms with Crippen molar-refractivity contribution in [3.8, 4) is 0 Å². The second-order valence-electron chi connectivity index (χ2n) is 3.18. The van der Waals surface area contributed by atoms with Gasteiger partial charge in [-0.3, -0.25) is 4.79 Å². The van der Waals surface area contributed by atoms with Crippen molar-refractivity contribution in [1.82, 2.24) is 9.97 Å². The van der Waals surface area contributed by atoms with E-state index in [2.05, 4.69) is 9.97 Å². The van der Waals surface area contributed by atoms with Crippen LogP contribution in [0.5, 0.6) is 0 Å². The predicted molar refractivity (Wildman–Crippen MR) is 61.8 cm³/mol. The third-order valence-corrected chi connectivity index (χ3v) is 2.01. The number of hydrogen-bond donors (Lipinski definition) is 0. The van der Waals surface area contributed by atoms with Gasteiger partial charge in [-0.15, -0.1) is 0 Å². The number of benzene rings is 1. The molecule has 0 N–H and O–H groups in total. The molecular weight excluding hydrogens is 200 g/mol. The minimum Gasteiger partial charge on any atom is -0.286 e. The Morgan fingerprint density at radius 2 is 1.69 bits per heavy atom. The fourth-order valence-electron chi connectivity index (χ4n) is 1.24. The van der Waals surface area contributed by atoms with E-state index in [0.29, 0.717) is 0 Å². The van der Waals surface area contributed by atoms with Crippen LogP contribution in [0.25, 0.3) is 6.08 Å². The van der Waals surface area contributed by atoms with E-state index in [4.69, 9.17) is 0 Å². The number of hydrogen-bond acceptors (Lipinski definition) is 3. The zero-order valence-corrected chi connectivity index (χ0v) is 8.58. The molecule has 0 radical (unpaired) electrons. The summed E-state index contributed by atoms with van der Waals surface area (Å²) in [4.78, 5) is 19.4. The number of carbonyl (C=O) groups excluding carboxylic acids is 1. The number of allylic oxidation sites excluding steroid dienone is 1. The van der Waals surface area contributed by atoms with Crippen molar-refractivity contribution >= 4 is 11.9 Å². The van der Waals surface area contributed by atoms with Gasteiger partial charge in [0.25, 0.3) is 0 Å². The summed E-state index contributed by atoms with van der Waals surface area (Å²) in [5, 5.41) is 0. The minimum absolute atomic E-state index is 0.190. The molecule has 0 aliphatic carbocycles. The van der Waals surface area contributed by atoms with Gasteiger partial charge in [0.15, 0.2) is 5.82 Å². The van der Waals surface area contributed by atoms with Crippen LogP contribution in [0.4, 0.5) is 0 Å². The summed E-state index contributed by atoms with van der Waals surface area (Å²) in [6.45, 7) is 0. The molecule has 2 rings (SSSR count). The van der Waals surface area contributed by atoms with E-state index in [0.717, 1.165) is 5.56 Å². The summed E-state index contributed by atoms with van der Waals surface area (Å²) in [6, 6.07) is 11.3. The van der Waals surface area contributed by atoms with Gasteiger partial charge >= 0.3 is 0 Å². The molecule has 0 amide bonds. The smallest absolute Gasteiger partial charge is 0.223 e. The molecule has 0 saturated carbocycles. The molecule has 3 nitrogen and oxygen atoms in total. The average Bonchev–Trinajstić information content (AvgIpc) is 2.38. The van der Waals surface area contributed by atoms with Gasteiger partial charge in [0, 0.05) is 12.4 Å². The van der Waals surface area contributed by atoms with Crippen LogP contribution in [0.15, 0.2) is 54.9 Å². The maximum absolute atomic E-state index is 11.6. The van der Waals surface area contributed by atoms with E-state index < -0.39 is 0 Å². The average molecular weight is 210 g/mol. The summed E-state index contributed by atoms with van der Waals surface area (Å²) in [5.41, 5.74) is 0.979. The Hall–Kier alpha value is -2.29. The molecule has 16 heavy (non-hydrogen) atoms. The van der Waals surface area contributed by atoms with E-state index >= 15 is 0 Å². The van der Waals surface area contributed by atoms with Crippen LogP contribution >= 0.6 is 0 Å². The highest BCUT2D eigenvalue weighted by atomic mass is 16.1. The van der Waals surface area contributed by atoms with E-state index in [1.165, 1.54) is 6.08 Å². The topological polar surface area (TPSA) is 42.9 Å². The summed E-state index contributed by atoms with van der Waals surface area (Å²) < 4.78 is 0. The first-order valence-corrected chi connectivity index (χ1v) is 4.91. The molecule has 1 aromatic heterocycles. The van der Waals surface area contributed by atoms with Gasteiger partial charge < -0.3 is 0 Å². The second kappa shape index (κ2) is 4.98. The van der Waals surface area contributed by atoms with Crippen LogP contribution in [-0.2, 0) is 0 Å². The maximum Gasteiger partial charge on any atom is 0.223 e. The number of nitrogens with zero attached hydrogens (tertiary/aromatic N) is 2. The van der Waals surface area contributed by atoms with Gasteiger partial charge in [-0.25, -0.2) is 9.97 Å². The first-order valence-electron chi connectivity index (χ1n) is 4.91. The van der Waals surface area contributed by atoms with Gasteiger partial charge in [0.2, 0.25) is 5.78 Å². The SMILES string of the molecule is O=C(C=Cc1ccccc1)c1ncccn1. The molecule has 1 aromatic carbocycles. The van der Waals surface area contributed by atoms with Crippen molar-refractivity contribution in [2.75, 3.05) is 0 Å². The van der Waals surface area contributed by atoms with E-state index in [1.54, 1.807) is 24.5 Å². The Morgan fingerprint density at radius 1 is 1.00 bits per heavy atom. The van der Waals surface area contributed by atoms with Crippen molar-refractivity contribution in [1.29, 1.82) is 0 Å². The molecule has 0 saturated heterocycles. The molecule has 0 aliphatic rings. The molecule has 0 bridgehead atoms. The first-order chi connectivity index (χ1) is 7.86. The van der Waals surface area contributed by atoms with Gasteiger partial charge in [0.05, 0.1) is 0 Å². The second-order valence-corrected chi connectivity index (χ2v) is 3.18. The van der Waals surface area contributed by atoms with E-state index in [1.807, 2.05) is 30.3 Å². The Kier molecular flexibility index (Phi) is 3.18. The normalized spacial score (nSPS) is 10.5. The Bertz CT molecular complexity index is 492. The lowest BCUT2D eigenvalue weighted by atomic mass is 10.2.